The average Bonchev–Trinajstić information content (AvgIpc) is 3.33. The molecular formula is C21H22F3N5O3S2. The number of fused-ring (bicyclic) bond motifs is 1. The first kappa shape index (κ1) is 24.5. The summed E-state index contributed by atoms with van der Waals surface area (Å²) in [5.41, 5.74) is 3.45. The SMILES string of the molecule is CC(C)Cn1c(=O)n(C)c(=O)c2c(SC3=N[C@@H](O)NN3)c(Cc3ccccc3C(F)(F)F)sc21. The van der Waals surface area contributed by atoms with Crippen LogP contribution in [0.4, 0.5) is 13.2 Å². The van der Waals surface area contributed by atoms with Gasteiger partial charge in [0.15, 0.2) is 5.17 Å². The molecule has 1 atom stereocenters. The monoisotopic (exact) mass is 513 g/mol. The number of amidine groups is 1. The average molecular weight is 514 g/mol. The second-order valence-corrected chi connectivity index (χ2v) is 10.3. The second-order valence-electron chi connectivity index (χ2n) is 8.20. The molecule has 182 valence electrons. The predicted octanol–water partition coefficient (Wildman–Crippen LogP) is 2.86. The van der Waals surface area contributed by atoms with Crippen molar-refractivity contribution in [3.63, 3.8) is 0 Å². The van der Waals surface area contributed by atoms with Gasteiger partial charge >= 0.3 is 11.9 Å². The number of aliphatic hydroxyl groups excluding tert-OH is 1. The number of hydrogen-bond donors (Lipinski definition) is 3. The zero-order chi connectivity index (χ0) is 24.8. The lowest BCUT2D eigenvalue weighted by Crippen LogP contribution is -2.38. The lowest BCUT2D eigenvalue weighted by Gasteiger charge is -2.12. The van der Waals surface area contributed by atoms with Crippen LogP contribution in [0.2, 0.25) is 0 Å². The molecule has 3 heterocycles. The van der Waals surface area contributed by atoms with Crippen LogP contribution >= 0.6 is 23.1 Å². The lowest BCUT2D eigenvalue weighted by molar-refractivity contribution is -0.138. The van der Waals surface area contributed by atoms with Crippen molar-refractivity contribution in [3.8, 4) is 0 Å². The summed E-state index contributed by atoms with van der Waals surface area (Å²) in [6.07, 6.45) is -5.83. The highest BCUT2D eigenvalue weighted by Crippen LogP contribution is 2.40. The second kappa shape index (κ2) is 9.21. The van der Waals surface area contributed by atoms with Gasteiger partial charge in [0.1, 0.15) is 4.83 Å². The lowest BCUT2D eigenvalue weighted by atomic mass is 10.0. The van der Waals surface area contributed by atoms with Crippen LogP contribution in [0.3, 0.4) is 0 Å². The number of thioether (sulfide) groups is 1. The molecule has 1 aromatic carbocycles. The maximum atomic E-state index is 13.6. The Labute approximate surface area is 200 Å². The number of halogens is 3. The molecule has 0 fully saturated rings. The minimum atomic E-state index is -4.54. The number of rotatable bonds is 5. The standard InChI is InChI=1S/C21H22F3N5O3S2/c1-10(2)9-29-17-14(16(30)28(3)20(29)32)15(34-19-25-18(31)26-27-19)13(33-17)8-11-6-4-5-7-12(11)21(22,23)24/h4-7,10,18,26,31H,8-9H2,1-3H3,(H,25,27)/t18-/m1/s1. The van der Waals surface area contributed by atoms with E-state index in [4.69, 9.17) is 0 Å². The number of aromatic nitrogens is 2. The van der Waals surface area contributed by atoms with Crippen LogP contribution in [0, 0.1) is 5.92 Å². The van der Waals surface area contributed by atoms with Crippen LogP contribution < -0.4 is 22.1 Å². The van der Waals surface area contributed by atoms with Crippen LogP contribution in [-0.2, 0) is 26.2 Å². The van der Waals surface area contributed by atoms with Gasteiger partial charge < -0.3 is 5.11 Å². The van der Waals surface area contributed by atoms with Gasteiger partial charge in [-0.1, -0.05) is 32.0 Å². The number of hydrogen-bond acceptors (Lipinski definition) is 8. The van der Waals surface area contributed by atoms with Crippen LogP contribution in [-0.4, -0.2) is 25.8 Å². The van der Waals surface area contributed by atoms with E-state index in [0.29, 0.717) is 21.1 Å². The topological polar surface area (TPSA) is 101 Å². The summed E-state index contributed by atoms with van der Waals surface area (Å²) < 4.78 is 43.4. The molecule has 34 heavy (non-hydrogen) atoms. The van der Waals surface area contributed by atoms with Crippen molar-refractivity contribution in [3.05, 3.63) is 61.1 Å². The van der Waals surface area contributed by atoms with Gasteiger partial charge in [0.2, 0.25) is 6.35 Å². The zero-order valence-corrected chi connectivity index (χ0v) is 20.1. The Kier molecular flexibility index (Phi) is 6.64. The number of nitrogens with zero attached hydrogens (tertiary/aromatic N) is 3. The Morgan fingerprint density at radius 1 is 1.26 bits per heavy atom. The molecule has 3 aromatic rings. The molecule has 4 rings (SSSR count). The van der Waals surface area contributed by atoms with E-state index < -0.39 is 29.3 Å². The highest BCUT2D eigenvalue weighted by atomic mass is 32.2. The van der Waals surface area contributed by atoms with Crippen molar-refractivity contribution in [2.45, 2.75) is 44.2 Å². The molecular weight excluding hydrogens is 491 g/mol. The van der Waals surface area contributed by atoms with Crippen LogP contribution in [0.1, 0.15) is 29.9 Å². The molecule has 1 aliphatic rings. The number of thiophene rings is 1. The third-order valence-electron chi connectivity index (χ3n) is 5.16. The number of alkyl halides is 3. The van der Waals surface area contributed by atoms with Gasteiger partial charge in [0.05, 0.1) is 10.9 Å². The molecule has 0 saturated heterocycles. The molecule has 0 spiro atoms. The molecule has 0 amide bonds. The van der Waals surface area contributed by atoms with Crippen LogP contribution in [0.25, 0.3) is 10.2 Å². The Morgan fingerprint density at radius 2 is 1.97 bits per heavy atom. The fraction of sp³-hybridized carbons (Fsp3) is 0.381. The number of aliphatic hydroxyl groups is 1. The van der Waals surface area contributed by atoms with E-state index in [1.165, 1.54) is 29.8 Å². The minimum absolute atomic E-state index is 0.0532. The molecule has 0 aliphatic carbocycles. The molecule has 1 aliphatic heterocycles. The summed E-state index contributed by atoms with van der Waals surface area (Å²) in [6.45, 7) is 4.20. The molecule has 8 nitrogen and oxygen atoms in total. The molecule has 0 bridgehead atoms. The third kappa shape index (κ3) is 4.65. The number of nitrogens with one attached hydrogen (secondary N) is 2. The maximum Gasteiger partial charge on any atom is 0.416 e. The van der Waals surface area contributed by atoms with Crippen LogP contribution in [0.5, 0.6) is 0 Å². The zero-order valence-electron chi connectivity index (χ0n) is 18.4. The molecule has 0 saturated carbocycles. The summed E-state index contributed by atoms with van der Waals surface area (Å²) in [5.74, 6) is 0.0891. The van der Waals surface area contributed by atoms with Crippen molar-refractivity contribution >= 4 is 38.5 Å². The highest BCUT2D eigenvalue weighted by Gasteiger charge is 2.34. The number of hydrazine groups is 1. The van der Waals surface area contributed by atoms with Gasteiger partial charge in [-0.25, -0.2) is 9.79 Å². The molecule has 0 radical (unpaired) electrons. The van der Waals surface area contributed by atoms with Gasteiger partial charge in [-0.3, -0.25) is 19.4 Å². The normalized spacial score (nSPS) is 16.4. The third-order valence-corrected chi connectivity index (χ3v) is 7.56. The van der Waals surface area contributed by atoms with Gasteiger partial charge in [0, 0.05) is 29.8 Å². The molecule has 2 aromatic heterocycles. The fourth-order valence-corrected chi connectivity index (χ4v) is 6.13. The Bertz CT molecular complexity index is 1390. The van der Waals surface area contributed by atoms with E-state index in [2.05, 4.69) is 15.8 Å². The van der Waals surface area contributed by atoms with E-state index in [0.717, 1.165) is 33.7 Å². The van der Waals surface area contributed by atoms with Gasteiger partial charge in [-0.05, 0) is 29.3 Å². The van der Waals surface area contributed by atoms with Gasteiger partial charge in [0.25, 0.3) is 5.56 Å². The van der Waals surface area contributed by atoms with Crippen molar-refractivity contribution < 1.29 is 18.3 Å². The maximum absolute atomic E-state index is 13.6. The summed E-state index contributed by atoms with van der Waals surface area (Å²) in [4.78, 5) is 31.3. The Balaban J connectivity index is 1.97. The van der Waals surface area contributed by atoms with E-state index in [9.17, 15) is 27.9 Å². The highest BCUT2D eigenvalue weighted by molar-refractivity contribution is 8.14. The minimum Gasteiger partial charge on any atom is -0.358 e. The van der Waals surface area contributed by atoms with E-state index in [1.54, 1.807) is 0 Å². The smallest absolute Gasteiger partial charge is 0.358 e. The first-order valence-corrected chi connectivity index (χ1v) is 12.0. The summed E-state index contributed by atoms with van der Waals surface area (Å²) in [7, 11) is 1.38. The molecule has 13 heteroatoms. The van der Waals surface area contributed by atoms with E-state index >= 15 is 0 Å². The summed E-state index contributed by atoms with van der Waals surface area (Å²) >= 11 is 2.15. The van der Waals surface area contributed by atoms with Gasteiger partial charge in [-0.2, -0.15) is 18.6 Å². The van der Waals surface area contributed by atoms with Crippen LogP contribution in [0.15, 0.2) is 43.7 Å². The van der Waals surface area contributed by atoms with Gasteiger partial charge in [-0.15, -0.1) is 11.3 Å². The van der Waals surface area contributed by atoms with Crippen molar-refractivity contribution in [2.75, 3.05) is 0 Å². The van der Waals surface area contributed by atoms with Crippen molar-refractivity contribution in [2.24, 2.45) is 18.0 Å². The molecule has 3 N–H and O–H groups in total. The first-order chi connectivity index (χ1) is 16.0. The quantitative estimate of drug-likeness (QED) is 0.485. The molecule has 0 unspecified atom stereocenters. The first-order valence-electron chi connectivity index (χ1n) is 10.3. The largest absolute Gasteiger partial charge is 0.416 e. The number of aliphatic imine (C=N–C) groups is 1. The van der Waals surface area contributed by atoms with Crippen molar-refractivity contribution in [1.29, 1.82) is 0 Å². The van der Waals surface area contributed by atoms with E-state index in [1.807, 2.05) is 13.8 Å². The fourth-order valence-electron chi connectivity index (χ4n) is 3.68. The predicted molar refractivity (Wildman–Crippen MR) is 126 cm³/mol. The van der Waals surface area contributed by atoms with E-state index in [-0.39, 0.29) is 28.5 Å². The van der Waals surface area contributed by atoms with Crippen molar-refractivity contribution in [1.82, 2.24) is 20.0 Å². The Morgan fingerprint density at radius 3 is 2.59 bits per heavy atom. The summed E-state index contributed by atoms with van der Waals surface area (Å²) in [5, 5.41) is 10.1. The number of benzene rings is 1. The Hall–Kier alpha value is -2.61. The summed E-state index contributed by atoms with van der Waals surface area (Å²) in [6, 6.07) is 5.28.